The lowest BCUT2D eigenvalue weighted by Crippen LogP contribution is -2.24. The molecular formula is C10H18O. The van der Waals surface area contributed by atoms with Crippen molar-refractivity contribution in [3.8, 4) is 0 Å². The van der Waals surface area contributed by atoms with E-state index in [0.717, 1.165) is 12.2 Å². The molecule has 11 heavy (non-hydrogen) atoms. The minimum absolute atomic E-state index is 0.418. The molecule has 1 heteroatoms. The summed E-state index contributed by atoms with van der Waals surface area (Å²) in [5.41, 5.74) is 0. The molecule has 0 bridgehead atoms. The number of hydrogen-bond donors (Lipinski definition) is 0. The highest BCUT2D eigenvalue weighted by Gasteiger charge is 2.27. The lowest BCUT2D eigenvalue weighted by molar-refractivity contribution is -0.114. The molecule has 0 spiro atoms. The second-order valence-electron chi connectivity index (χ2n) is 3.73. The molecule has 64 valence electrons. The van der Waals surface area contributed by atoms with Crippen molar-refractivity contribution in [3.63, 3.8) is 0 Å². The van der Waals surface area contributed by atoms with E-state index in [1.165, 1.54) is 38.5 Å². The standard InChI is InChI=1S/C10H18O/c1-2-3-4-5-9-6-10(7-9)8-11/h8-10H,2-7H2,1H3. The molecule has 0 atom stereocenters. The monoisotopic (exact) mass is 154 g/mol. The highest BCUT2D eigenvalue weighted by atomic mass is 16.1. The number of rotatable bonds is 5. The lowest BCUT2D eigenvalue weighted by Gasteiger charge is -2.31. The zero-order chi connectivity index (χ0) is 8.10. The van der Waals surface area contributed by atoms with Crippen LogP contribution in [-0.2, 0) is 4.79 Å². The zero-order valence-electron chi connectivity index (χ0n) is 7.38. The fourth-order valence-corrected chi connectivity index (χ4v) is 1.82. The predicted octanol–water partition coefficient (Wildman–Crippen LogP) is 2.79. The van der Waals surface area contributed by atoms with E-state index in [9.17, 15) is 4.79 Å². The molecule has 1 rings (SSSR count). The summed E-state index contributed by atoms with van der Waals surface area (Å²) >= 11 is 0. The average molecular weight is 154 g/mol. The Morgan fingerprint density at radius 3 is 2.64 bits per heavy atom. The molecule has 0 aliphatic heterocycles. The fourth-order valence-electron chi connectivity index (χ4n) is 1.82. The Bertz CT molecular complexity index is 114. The summed E-state index contributed by atoms with van der Waals surface area (Å²) in [6.45, 7) is 2.23. The van der Waals surface area contributed by atoms with Gasteiger partial charge >= 0.3 is 0 Å². The number of aldehydes is 1. The van der Waals surface area contributed by atoms with E-state index in [-0.39, 0.29) is 0 Å². The highest BCUT2D eigenvalue weighted by Crippen LogP contribution is 2.35. The number of unbranched alkanes of at least 4 members (excludes halogenated alkanes) is 2. The number of carbonyl (C=O) groups excluding carboxylic acids is 1. The number of carbonyl (C=O) groups is 1. The van der Waals surface area contributed by atoms with Gasteiger partial charge in [-0.15, -0.1) is 0 Å². The maximum absolute atomic E-state index is 10.3. The molecule has 0 aromatic heterocycles. The summed E-state index contributed by atoms with van der Waals surface area (Å²) in [7, 11) is 0. The van der Waals surface area contributed by atoms with Crippen LogP contribution in [0.4, 0.5) is 0 Å². The predicted molar refractivity (Wildman–Crippen MR) is 46.4 cm³/mol. The van der Waals surface area contributed by atoms with Gasteiger partial charge in [0.2, 0.25) is 0 Å². The average Bonchev–Trinajstić information content (AvgIpc) is 1.94. The van der Waals surface area contributed by atoms with Gasteiger partial charge in [-0.2, -0.15) is 0 Å². The topological polar surface area (TPSA) is 17.1 Å². The van der Waals surface area contributed by atoms with Gasteiger partial charge in [0, 0.05) is 5.92 Å². The Morgan fingerprint density at radius 2 is 2.09 bits per heavy atom. The van der Waals surface area contributed by atoms with E-state index in [1.54, 1.807) is 0 Å². The maximum Gasteiger partial charge on any atom is 0.123 e. The van der Waals surface area contributed by atoms with E-state index < -0.39 is 0 Å². The lowest BCUT2D eigenvalue weighted by atomic mass is 9.73. The van der Waals surface area contributed by atoms with Crippen molar-refractivity contribution in [2.24, 2.45) is 11.8 Å². The van der Waals surface area contributed by atoms with E-state index in [1.807, 2.05) is 0 Å². The van der Waals surface area contributed by atoms with E-state index in [4.69, 9.17) is 0 Å². The van der Waals surface area contributed by atoms with E-state index in [0.29, 0.717) is 5.92 Å². The van der Waals surface area contributed by atoms with Crippen LogP contribution in [0.15, 0.2) is 0 Å². The van der Waals surface area contributed by atoms with Gasteiger partial charge in [0.05, 0.1) is 0 Å². The first kappa shape index (κ1) is 8.76. The first-order chi connectivity index (χ1) is 5.36. The van der Waals surface area contributed by atoms with Crippen LogP contribution in [0.25, 0.3) is 0 Å². The molecule has 1 nitrogen and oxygen atoms in total. The minimum atomic E-state index is 0.418. The Balaban J connectivity index is 1.91. The quantitative estimate of drug-likeness (QED) is 0.439. The van der Waals surface area contributed by atoms with Gasteiger partial charge in [0.15, 0.2) is 0 Å². The van der Waals surface area contributed by atoms with Gasteiger partial charge in [0.25, 0.3) is 0 Å². The first-order valence-corrected chi connectivity index (χ1v) is 4.82. The zero-order valence-corrected chi connectivity index (χ0v) is 7.38. The SMILES string of the molecule is CCCCCC1CC(C=O)C1. The summed E-state index contributed by atoms with van der Waals surface area (Å²) in [6.07, 6.45) is 8.87. The van der Waals surface area contributed by atoms with Crippen LogP contribution in [0.1, 0.15) is 45.4 Å². The van der Waals surface area contributed by atoms with Crippen LogP contribution in [0.5, 0.6) is 0 Å². The van der Waals surface area contributed by atoms with Gasteiger partial charge in [0.1, 0.15) is 6.29 Å². The van der Waals surface area contributed by atoms with Crippen molar-refractivity contribution in [1.82, 2.24) is 0 Å². The van der Waals surface area contributed by atoms with Crippen molar-refractivity contribution in [3.05, 3.63) is 0 Å². The van der Waals surface area contributed by atoms with Gasteiger partial charge in [-0.3, -0.25) is 0 Å². The molecule has 0 aromatic rings. The summed E-state index contributed by atoms with van der Waals surface area (Å²) in [5.74, 6) is 1.30. The van der Waals surface area contributed by atoms with E-state index >= 15 is 0 Å². The van der Waals surface area contributed by atoms with Crippen molar-refractivity contribution in [1.29, 1.82) is 0 Å². The smallest absolute Gasteiger partial charge is 0.123 e. The van der Waals surface area contributed by atoms with Crippen molar-refractivity contribution >= 4 is 6.29 Å². The first-order valence-electron chi connectivity index (χ1n) is 4.82. The van der Waals surface area contributed by atoms with Gasteiger partial charge in [-0.1, -0.05) is 32.6 Å². The third kappa shape index (κ3) is 2.64. The van der Waals surface area contributed by atoms with Gasteiger partial charge < -0.3 is 4.79 Å². The molecule has 0 aromatic carbocycles. The van der Waals surface area contributed by atoms with Crippen molar-refractivity contribution in [2.45, 2.75) is 45.4 Å². The molecule has 1 fully saturated rings. The summed E-state index contributed by atoms with van der Waals surface area (Å²) in [6, 6.07) is 0. The van der Waals surface area contributed by atoms with Gasteiger partial charge in [-0.25, -0.2) is 0 Å². The molecule has 0 saturated heterocycles. The molecule has 0 heterocycles. The third-order valence-electron chi connectivity index (χ3n) is 2.68. The van der Waals surface area contributed by atoms with E-state index in [2.05, 4.69) is 6.92 Å². The molecule has 0 unspecified atom stereocenters. The van der Waals surface area contributed by atoms with Gasteiger partial charge in [-0.05, 0) is 18.8 Å². The fraction of sp³-hybridized carbons (Fsp3) is 0.900. The molecule has 0 amide bonds. The van der Waals surface area contributed by atoms with Crippen molar-refractivity contribution < 1.29 is 4.79 Å². The highest BCUT2D eigenvalue weighted by molar-refractivity contribution is 5.54. The van der Waals surface area contributed by atoms with Crippen LogP contribution >= 0.6 is 0 Å². The second-order valence-corrected chi connectivity index (χ2v) is 3.73. The van der Waals surface area contributed by atoms with Crippen LogP contribution < -0.4 is 0 Å². The second kappa shape index (κ2) is 4.53. The Hall–Kier alpha value is -0.330. The Labute approximate surface area is 69.2 Å². The summed E-state index contributed by atoms with van der Waals surface area (Å²) in [4.78, 5) is 10.3. The van der Waals surface area contributed by atoms with Crippen molar-refractivity contribution in [2.75, 3.05) is 0 Å². The maximum atomic E-state index is 10.3. The normalized spacial score (nSPS) is 29.5. The molecule has 0 radical (unpaired) electrons. The molecule has 1 aliphatic rings. The van der Waals surface area contributed by atoms with Crippen LogP contribution in [-0.4, -0.2) is 6.29 Å². The summed E-state index contributed by atoms with van der Waals surface area (Å²) in [5, 5.41) is 0. The molecule has 1 aliphatic carbocycles. The Kier molecular flexibility index (Phi) is 3.61. The number of hydrogen-bond acceptors (Lipinski definition) is 1. The molecule has 1 saturated carbocycles. The minimum Gasteiger partial charge on any atom is -0.303 e. The van der Waals surface area contributed by atoms with Crippen LogP contribution in [0.2, 0.25) is 0 Å². The molecular weight excluding hydrogens is 136 g/mol. The van der Waals surface area contributed by atoms with Crippen LogP contribution in [0.3, 0.4) is 0 Å². The Morgan fingerprint density at radius 1 is 1.36 bits per heavy atom. The largest absolute Gasteiger partial charge is 0.303 e. The third-order valence-corrected chi connectivity index (χ3v) is 2.68. The van der Waals surface area contributed by atoms with Crippen LogP contribution in [0, 0.1) is 11.8 Å². The molecule has 0 N–H and O–H groups in total. The summed E-state index contributed by atoms with van der Waals surface area (Å²) < 4.78 is 0.